The van der Waals surface area contributed by atoms with Gasteiger partial charge in [0.1, 0.15) is 17.6 Å². The van der Waals surface area contributed by atoms with Crippen molar-refractivity contribution in [2.45, 2.75) is 57.1 Å². The minimum absolute atomic E-state index is 0.0927. The Hall–Kier alpha value is -2.39. The van der Waals surface area contributed by atoms with Gasteiger partial charge >= 0.3 is 0 Å². The van der Waals surface area contributed by atoms with E-state index in [4.69, 9.17) is 15.6 Å². The van der Waals surface area contributed by atoms with Crippen LogP contribution >= 0.6 is 0 Å². The minimum Gasteiger partial charge on any atom is -0.467 e. The fourth-order valence-corrected chi connectivity index (χ4v) is 5.65. The van der Waals surface area contributed by atoms with E-state index in [0.717, 1.165) is 31.2 Å². The Morgan fingerprint density at radius 1 is 1.10 bits per heavy atom. The third-order valence-corrected chi connectivity index (χ3v) is 7.18. The van der Waals surface area contributed by atoms with Crippen LogP contribution in [0.15, 0.2) is 30.6 Å². The SMILES string of the molecule is CC1(C)Oc2ncnc(N)c2NC1c1ccc([C@H]2CC[C@H](CS(N)(=O)=O)CC2)cc1. The molecule has 4 rings (SSSR count). The van der Waals surface area contributed by atoms with Gasteiger partial charge in [0.15, 0.2) is 5.82 Å². The van der Waals surface area contributed by atoms with Crippen molar-refractivity contribution in [2.75, 3.05) is 16.8 Å². The van der Waals surface area contributed by atoms with Gasteiger partial charge in [0.2, 0.25) is 15.9 Å². The molecule has 2 aromatic rings. The summed E-state index contributed by atoms with van der Waals surface area (Å²) in [6.45, 7) is 4.04. The number of ether oxygens (including phenoxy) is 1. The molecule has 2 aliphatic rings. The van der Waals surface area contributed by atoms with Gasteiger partial charge in [-0.3, -0.25) is 0 Å². The first-order valence-electron chi connectivity index (χ1n) is 10.3. The maximum atomic E-state index is 11.3. The lowest BCUT2D eigenvalue weighted by Crippen LogP contribution is -2.44. The lowest BCUT2D eigenvalue weighted by atomic mass is 9.79. The zero-order valence-corrected chi connectivity index (χ0v) is 18.2. The molecule has 5 N–H and O–H groups in total. The van der Waals surface area contributed by atoms with Gasteiger partial charge in [0.05, 0.1) is 11.8 Å². The lowest BCUT2D eigenvalue weighted by Gasteiger charge is -2.40. The largest absolute Gasteiger partial charge is 0.467 e. The summed E-state index contributed by atoms with van der Waals surface area (Å²) < 4.78 is 28.8. The second-order valence-corrected chi connectivity index (χ2v) is 10.6. The first-order chi connectivity index (χ1) is 14.1. The topological polar surface area (TPSA) is 133 Å². The molecule has 1 saturated carbocycles. The summed E-state index contributed by atoms with van der Waals surface area (Å²) in [5.74, 6) is 1.55. The molecule has 8 nitrogen and oxygen atoms in total. The van der Waals surface area contributed by atoms with Crippen LogP contribution < -0.4 is 20.9 Å². The molecule has 1 atom stereocenters. The Bertz CT molecular complexity index is 1020. The molecular weight excluding hydrogens is 402 g/mol. The molecule has 1 unspecified atom stereocenters. The van der Waals surface area contributed by atoms with Crippen molar-refractivity contribution in [1.82, 2.24) is 9.97 Å². The molecule has 1 aromatic heterocycles. The van der Waals surface area contributed by atoms with Crippen molar-refractivity contribution in [1.29, 1.82) is 0 Å². The Morgan fingerprint density at radius 3 is 2.37 bits per heavy atom. The zero-order valence-electron chi connectivity index (χ0n) is 17.3. The fourth-order valence-electron chi connectivity index (χ4n) is 4.66. The third-order valence-electron chi connectivity index (χ3n) is 6.24. The first-order valence-corrected chi connectivity index (χ1v) is 12.0. The van der Waals surface area contributed by atoms with Crippen LogP contribution in [0.2, 0.25) is 0 Å². The molecule has 1 aliphatic carbocycles. The van der Waals surface area contributed by atoms with Crippen LogP contribution in [0.3, 0.4) is 0 Å². The number of hydrogen-bond donors (Lipinski definition) is 3. The predicted molar refractivity (Wildman–Crippen MR) is 117 cm³/mol. The minimum atomic E-state index is -3.40. The highest BCUT2D eigenvalue weighted by Crippen LogP contribution is 2.43. The predicted octanol–water partition coefficient (Wildman–Crippen LogP) is 2.95. The fraction of sp³-hybridized carbons (Fsp3) is 0.524. The monoisotopic (exact) mass is 431 g/mol. The second-order valence-electron chi connectivity index (χ2n) is 8.94. The van der Waals surface area contributed by atoms with Crippen LogP contribution in [0.1, 0.15) is 62.6 Å². The molecule has 0 amide bonds. The van der Waals surface area contributed by atoms with E-state index in [1.54, 1.807) is 0 Å². The molecule has 0 radical (unpaired) electrons. The van der Waals surface area contributed by atoms with Crippen molar-refractivity contribution in [3.05, 3.63) is 41.7 Å². The molecule has 1 aromatic carbocycles. The Labute approximate surface area is 177 Å². The van der Waals surface area contributed by atoms with Crippen LogP contribution in [-0.2, 0) is 10.0 Å². The standard InChI is InChI=1S/C21H29N5O3S/c1-21(2)18(26-17-19(22)24-12-25-20(17)29-21)16-9-7-15(8-10-16)14-5-3-13(4-6-14)11-30(23,27)28/h7-10,12-14,18,26H,3-6,11H2,1-2H3,(H2,22,24,25)(H2,23,27,28)/t13-,14-,18?. The molecular formula is C21H29N5O3S. The summed E-state index contributed by atoms with van der Waals surface area (Å²) >= 11 is 0. The highest BCUT2D eigenvalue weighted by Gasteiger charge is 2.39. The van der Waals surface area contributed by atoms with E-state index in [2.05, 4.69) is 39.6 Å². The van der Waals surface area contributed by atoms with Crippen molar-refractivity contribution in [3.8, 4) is 5.88 Å². The van der Waals surface area contributed by atoms with Crippen molar-refractivity contribution in [3.63, 3.8) is 0 Å². The Morgan fingerprint density at radius 2 is 1.73 bits per heavy atom. The number of fused-ring (bicyclic) bond motifs is 1. The summed E-state index contributed by atoms with van der Waals surface area (Å²) in [5, 5.41) is 8.66. The van der Waals surface area contributed by atoms with Crippen LogP contribution in [0.4, 0.5) is 11.5 Å². The number of primary sulfonamides is 1. The number of nitrogens with zero attached hydrogens (tertiary/aromatic N) is 2. The van der Waals surface area contributed by atoms with Gasteiger partial charge in [0.25, 0.3) is 0 Å². The normalized spacial score (nSPS) is 25.6. The molecule has 1 aliphatic heterocycles. The number of hydrogen-bond acceptors (Lipinski definition) is 7. The highest BCUT2D eigenvalue weighted by atomic mass is 32.2. The zero-order chi connectivity index (χ0) is 21.5. The van der Waals surface area contributed by atoms with Gasteiger partial charge in [-0.25, -0.2) is 18.5 Å². The van der Waals surface area contributed by atoms with E-state index in [1.807, 2.05) is 13.8 Å². The number of anilines is 2. The van der Waals surface area contributed by atoms with E-state index in [1.165, 1.54) is 11.9 Å². The quantitative estimate of drug-likeness (QED) is 0.677. The molecule has 9 heteroatoms. The van der Waals surface area contributed by atoms with Gasteiger partial charge in [-0.2, -0.15) is 4.98 Å². The van der Waals surface area contributed by atoms with Gasteiger partial charge in [-0.15, -0.1) is 0 Å². The summed E-state index contributed by atoms with van der Waals surface area (Å²) in [6.07, 6.45) is 5.15. The Kier molecular flexibility index (Phi) is 5.36. The molecule has 162 valence electrons. The maximum absolute atomic E-state index is 11.3. The van der Waals surface area contributed by atoms with Crippen LogP contribution in [-0.4, -0.2) is 29.7 Å². The molecule has 2 heterocycles. The van der Waals surface area contributed by atoms with Crippen molar-refractivity contribution >= 4 is 21.5 Å². The average Bonchev–Trinajstić information content (AvgIpc) is 2.67. The number of nitrogens with two attached hydrogens (primary N) is 2. The molecule has 30 heavy (non-hydrogen) atoms. The van der Waals surface area contributed by atoms with Gasteiger partial charge < -0.3 is 15.8 Å². The lowest BCUT2D eigenvalue weighted by molar-refractivity contribution is 0.0722. The summed E-state index contributed by atoms with van der Waals surface area (Å²) in [7, 11) is -3.40. The summed E-state index contributed by atoms with van der Waals surface area (Å²) in [4.78, 5) is 8.24. The van der Waals surface area contributed by atoms with Crippen LogP contribution in [0, 0.1) is 5.92 Å². The van der Waals surface area contributed by atoms with E-state index in [0.29, 0.717) is 23.3 Å². The first kappa shape index (κ1) is 20.9. The summed E-state index contributed by atoms with van der Waals surface area (Å²) in [6, 6.07) is 8.48. The van der Waals surface area contributed by atoms with Gasteiger partial charge in [-0.05, 0) is 62.5 Å². The van der Waals surface area contributed by atoms with E-state index < -0.39 is 15.6 Å². The molecule has 0 saturated heterocycles. The van der Waals surface area contributed by atoms with Crippen molar-refractivity contribution < 1.29 is 13.2 Å². The van der Waals surface area contributed by atoms with Crippen LogP contribution in [0.5, 0.6) is 5.88 Å². The Balaban J connectivity index is 1.47. The molecule has 0 bridgehead atoms. The third kappa shape index (κ3) is 4.37. The van der Waals surface area contributed by atoms with Gasteiger partial charge in [-0.1, -0.05) is 24.3 Å². The number of nitrogens with one attached hydrogen (secondary N) is 1. The number of rotatable bonds is 4. The smallest absolute Gasteiger partial charge is 0.243 e. The van der Waals surface area contributed by atoms with E-state index in [9.17, 15) is 8.42 Å². The van der Waals surface area contributed by atoms with E-state index >= 15 is 0 Å². The average molecular weight is 432 g/mol. The van der Waals surface area contributed by atoms with Crippen molar-refractivity contribution in [2.24, 2.45) is 11.1 Å². The number of sulfonamides is 1. The second kappa shape index (κ2) is 7.70. The number of benzene rings is 1. The molecule has 1 fully saturated rings. The highest BCUT2D eigenvalue weighted by molar-refractivity contribution is 7.89. The van der Waals surface area contributed by atoms with E-state index in [-0.39, 0.29) is 17.7 Å². The van der Waals surface area contributed by atoms with Gasteiger partial charge in [0, 0.05) is 0 Å². The maximum Gasteiger partial charge on any atom is 0.243 e. The summed E-state index contributed by atoms with van der Waals surface area (Å²) in [5.41, 5.74) is 8.49. The number of nitrogen functional groups attached to an aromatic ring is 1. The molecule has 0 spiro atoms. The van der Waals surface area contributed by atoms with Crippen LogP contribution in [0.25, 0.3) is 0 Å². The number of aromatic nitrogens is 2.